The summed E-state index contributed by atoms with van der Waals surface area (Å²) < 4.78 is 17.4. The number of ether oxygens (including phenoxy) is 3. The number of rotatable bonds is 12. The van der Waals surface area contributed by atoms with Crippen LogP contribution in [0, 0.1) is 0 Å². The Balaban J connectivity index is 1.83. The van der Waals surface area contributed by atoms with Crippen molar-refractivity contribution in [2.24, 2.45) is 0 Å². The van der Waals surface area contributed by atoms with Gasteiger partial charge < -0.3 is 34.4 Å². The Hall–Kier alpha value is -4.62. The fourth-order valence-electron chi connectivity index (χ4n) is 4.21. The third-order valence-electron chi connectivity index (χ3n) is 6.40. The van der Waals surface area contributed by atoms with Gasteiger partial charge in [-0.3, -0.25) is 14.4 Å². The second-order valence-corrected chi connectivity index (χ2v) is 9.92. The van der Waals surface area contributed by atoms with Crippen molar-refractivity contribution < 1.29 is 43.3 Å². The molecule has 0 radical (unpaired) electrons. The van der Waals surface area contributed by atoms with Gasteiger partial charge in [-0.25, -0.2) is 14.3 Å². The van der Waals surface area contributed by atoms with E-state index in [9.17, 15) is 29.1 Å². The molecule has 14 heteroatoms. The molecule has 1 aliphatic rings. The smallest absolute Gasteiger partial charge is 0.409 e. The highest BCUT2D eigenvalue weighted by atomic mass is 16.6. The highest BCUT2D eigenvalue weighted by molar-refractivity contribution is 5.96. The summed E-state index contributed by atoms with van der Waals surface area (Å²) in [6, 6.07) is 8.96. The molecule has 1 fully saturated rings. The van der Waals surface area contributed by atoms with Gasteiger partial charge in [-0.2, -0.15) is 5.10 Å². The molecule has 0 bridgehead atoms. The maximum Gasteiger partial charge on any atom is 0.409 e. The summed E-state index contributed by atoms with van der Waals surface area (Å²) in [6.45, 7) is 7.67. The van der Waals surface area contributed by atoms with Gasteiger partial charge in [0.1, 0.15) is 6.04 Å². The van der Waals surface area contributed by atoms with Gasteiger partial charge in [0.05, 0.1) is 18.9 Å². The first-order chi connectivity index (χ1) is 20.0. The van der Waals surface area contributed by atoms with Crippen LogP contribution in [0.15, 0.2) is 36.4 Å². The summed E-state index contributed by atoms with van der Waals surface area (Å²) in [4.78, 5) is 65.5. The van der Waals surface area contributed by atoms with Crippen LogP contribution in [-0.4, -0.2) is 106 Å². The molecule has 14 nitrogen and oxygen atoms in total. The van der Waals surface area contributed by atoms with Crippen LogP contribution in [0.4, 0.5) is 4.79 Å². The van der Waals surface area contributed by atoms with E-state index in [1.54, 1.807) is 44.2 Å². The normalized spacial score (nSPS) is 14.1. The Bertz CT molecular complexity index is 1270. The van der Waals surface area contributed by atoms with Crippen LogP contribution < -0.4 is 10.1 Å². The van der Waals surface area contributed by atoms with E-state index < -0.39 is 41.5 Å². The molecule has 0 spiro atoms. The molecule has 2 N–H and O–H groups in total. The third-order valence-corrected chi connectivity index (χ3v) is 6.40. The van der Waals surface area contributed by atoms with Crippen molar-refractivity contribution in [3.05, 3.63) is 42.1 Å². The van der Waals surface area contributed by atoms with E-state index in [4.69, 9.17) is 14.2 Å². The second-order valence-electron chi connectivity index (χ2n) is 9.92. The Morgan fingerprint density at radius 3 is 2.19 bits per heavy atom. The number of nitrogens with one attached hydrogen (secondary N) is 1. The lowest BCUT2D eigenvalue weighted by atomic mass is 10.1. The molecule has 2 heterocycles. The van der Waals surface area contributed by atoms with Crippen molar-refractivity contribution >= 4 is 29.8 Å². The lowest BCUT2D eigenvalue weighted by Crippen LogP contribution is -2.56. The van der Waals surface area contributed by atoms with E-state index in [-0.39, 0.29) is 63.8 Å². The molecule has 1 aromatic heterocycles. The summed E-state index contributed by atoms with van der Waals surface area (Å²) in [6.07, 6.45) is -0.991. The van der Waals surface area contributed by atoms with Gasteiger partial charge in [0.15, 0.2) is 5.69 Å². The van der Waals surface area contributed by atoms with E-state index in [2.05, 4.69) is 10.4 Å². The van der Waals surface area contributed by atoms with Crippen molar-refractivity contribution in [3.8, 4) is 11.6 Å². The van der Waals surface area contributed by atoms with Crippen LogP contribution in [0.2, 0.25) is 0 Å². The molecule has 42 heavy (non-hydrogen) atoms. The quantitative estimate of drug-likeness (QED) is 0.350. The van der Waals surface area contributed by atoms with Crippen LogP contribution in [0.1, 0.15) is 51.0 Å². The number of esters is 1. The fraction of sp³-hybridized carbons (Fsp3) is 0.500. The number of hydrogen-bond donors (Lipinski definition) is 2. The number of benzene rings is 1. The minimum Gasteiger partial charge on any atom is -0.481 e. The number of para-hydroxylation sites is 1. The van der Waals surface area contributed by atoms with E-state index in [0.717, 1.165) is 0 Å². The maximum absolute atomic E-state index is 13.4. The highest BCUT2D eigenvalue weighted by Gasteiger charge is 2.35. The first kappa shape index (κ1) is 31.9. The molecule has 0 unspecified atom stereocenters. The predicted molar refractivity (Wildman–Crippen MR) is 148 cm³/mol. The number of amides is 3. The first-order valence-corrected chi connectivity index (χ1v) is 13.7. The number of piperazine rings is 1. The van der Waals surface area contributed by atoms with Crippen LogP contribution in [0.5, 0.6) is 5.88 Å². The molecule has 0 aliphatic carbocycles. The second kappa shape index (κ2) is 14.3. The lowest BCUT2D eigenvalue weighted by molar-refractivity contribution is -0.159. The summed E-state index contributed by atoms with van der Waals surface area (Å²) in [7, 11) is 0. The minimum atomic E-state index is -1.41. The Labute approximate surface area is 243 Å². The van der Waals surface area contributed by atoms with Crippen molar-refractivity contribution in [3.63, 3.8) is 0 Å². The van der Waals surface area contributed by atoms with Crippen LogP contribution in [0.25, 0.3) is 5.69 Å². The molecular formula is C28H37N5O9. The van der Waals surface area contributed by atoms with Gasteiger partial charge >= 0.3 is 18.0 Å². The number of carboxylic acids is 1. The van der Waals surface area contributed by atoms with Gasteiger partial charge in [-0.05, 0) is 46.2 Å². The molecule has 1 atom stereocenters. The number of carbonyl (C=O) groups is 5. The zero-order chi connectivity index (χ0) is 30.9. The molecule has 2 aromatic rings. The van der Waals surface area contributed by atoms with Gasteiger partial charge in [0.25, 0.3) is 5.91 Å². The van der Waals surface area contributed by atoms with Gasteiger partial charge in [0, 0.05) is 38.7 Å². The first-order valence-electron chi connectivity index (χ1n) is 13.7. The minimum absolute atomic E-state index is 0.0768. The average molecular weight is 588 g/mol. The standard InChI is InChI=1S/C28H37N5O9/c1-5-40-26(38)28(3,4)42-22-18-21(30-33(22)19-10-8-7-9-11-19)24(36)29-20(12-13-23(34)35)25(37)31-14-16-32(17-15-31)27(39)41-6-2/h7-11,18,20H,5-6,12-17H2,1-4H3,(H,29,36)(H,34,35)/t20-/m0/s1. The average Bonchev–Trinajstić information content (AvgIpc) is 3.38. The zero-order valence-electron chi connectivity index (χ0n) is 24.2. The molecule has 1 saturated heterocycles. The summed E-state index contributed by atoms with van der Waals surface area (Å²) >= 11 is 0. The maximum atomic E-state index is 13.4. The fourth-order valence-corrected chi connectivity index (χ4v) is 4.21. The molecule has 1 aromatic carbocycles. The summed E-state index contributed by atoms with van der Waals surface area (Å²) in [5.74, 6) is -2.88. The largest absolute Gasteiger partial charge is 0.481 e. The summed E-state index contributed by atoms with van der Waals surface area (Å²) in [5, 5.41) is 16.2. The van der Waals surface area contributed by atoms with Gasteiger partial charge in [-0.15, -0.1) is 0 Å². The molecule has 228 valence electrons. The lowest BCUT2D eigenvalue weighted by Gasteiger charge is -2.35. The number of hydrogen-bond acceptors (Lipinski definition) is 9. The van der Waals surface area contributed by atoms with Crippen LogP contribution in [0.3, 0.4) is 0 Å². The third kappa shape index (κ3) is 8.21. The number of aliphatic carboxylic acids is 1. The Kier molecular flexibility index (Phi) is 10.9. The Morgan fingerprint density at radius 1 is 0.976 bits per heavy atom. The van der Waals surface area contributed by atoms with Crippen molar-refractivity contribution in [2.45, 2.75) is 52.2 Å². The van der Waals surface area contributed by atoms with Crippen molar-refractivity contribution in [2.75, 3.05) is 39.4 Å². The number of carbonyl (C=O) groups excluding carboxylic acids is 4. The monoisotopic (exact) mass is 587 g/mol. The van der Waals surface area contributed by atoms with Crippen LogP contribution in [-0.2, 0) is 23.9 Å². The molecule has 1 aliphatic heterocycles. The van der Waals surface area contributed by atoms with E-state index in [1.807, 2.05) is 0 Å². The van der Waals surface area contributed by atoms with Crippen molar-refractivity contribution in [1.82, 2.24) is 24.9 Å². The highest BCUT2D eigenvalue weighted by Crippen LogP contribution is 2.25. The number of carboxylic acid groups (broad SMARTS) is 1. The van der Waals surface area contributed by atoms with Gasteiger partial charge in [0.2, 0.25) is 17.4 Å². The van der Waals surface area contributed by atoms with E-state index in [0.29, 0.717) is 5.69 Å². The van der Waals surface area contributed by atoms with Crippen LogP contribution >= 0.6 is 0 Å². The number of nitrogens with zero attached hydrogens (tertiary/aromatic N) is 4. The van der Waals surface area contributed by atoms with E-state index in [1.165, 1.54) is 34.4 Å². The topological polar surface area (TPSA) is 170 Å². The zero-order valence-corrected chi connectivity index (χ0v) is 24.2. The predicted octanol–water partition coefficient (Wildman–Crippen LogP) is 1.86. The molecular weight excluding hydrogens is 550 g/mol. The van der Waals surface area contributed by atoms with E-state index >= 15 is 0 Å². The molecule has 3 rings (SSSR count). The van der Waals surface area contributed by atoms with Crippen molar-refractivity contribution in [1.29, 1.82) is 0 Å². The Morgan fingerprint density at radius 2 is 1.60 bits per heavy atom. The molecule has 3 amide bonds. The summed E-state index contributed by atoms with van der Waals surface area (Å²) in [5.41, 5.74) is -0.986. The number of aromatic nitrogens is 2. The SMILES string of the molecule is CCOC(=O)N1CCN(C(=O)[C@H](CCC(=O)O)NC(=O)c2cc(OC(C)(C)C(=O)OCC)n(-c3ccccc3)n2)CC1. The van der Waals surface area contributed by atoms with Gasteiger partial charge in [-0.1, -0.05) is 18.2 Å². The molecule has 0 saturated carbocycles.